The molecule has 106 valence electrons. The summed E-state index contributed by atoms with van der Waals surface area (Å²) in [6, 6.07) is 6.75. The zero-order valence-electron chi connectivity index (χ0n) is 11.9. The lowest BCUT2D eigenvalue weighted by Gasteiger charge is -2.37. The third-order valence-corrected chi connectivity index (χ3v) is 4.32. The van der Waals surface area contributed by atoms with Crippen LogP contribution < -0.4 is 5.32 Å². The molecule has 0 heterocycles. The van der Waals surface area contributed by atoms with E-state index in [1.54, 1.807) is 43.5 Å². The molecule has 0 aliphatic heterocycles. The summed E-state index contributed by atoms with van der Waals surface area (Å²) in [7, 11) is 1.64. The zero-order chi connectivity index (χ0) is 15.2. The Balaban J connectivity index is 2.31. The van der Waals surface area contributed by atoms with E-state index in [2.05, 4.69) is 5.32 Å². The van der Waals surface area contributed by atoms with Crippen molar-refractivity contribution >= 4 is 17.3 Å². The second-order valence-corrected chi connectivity index (χ2v) is 5.31. The van der Waals surface area contributed by atoms with E-state index in [9.17, 15) is 14.4 Å². The van der Waals surface area contributed by atoms with Crippen LogP contribution in [0.5, 0.6) is 0 Å². The van der Waals surface area contributed by atoms with E-state index in [4.69, 9.17) is 0 Å². The van der Waals surface area contributed by atoms with Crippen molar-refractivity contribution in [2.75, 3.05) is 7.05 Å². The van der Waals surface area contributed by atoms with Gasteiger partial charge in [0, 0.05) is 22.3 Å². The van der Waals surface area contributed by atoms with Gasteiger partial charge < -0.3 is 5.32 Å². The van der Waals surface area contributed by atoms with Gasteiger partial charge in [0.25, 0.3) is 0 Å². The van der Waals surface area contributed by atoms with Gasteiger partial charge in [0.2, 0.25) is 0 Å². The molecule has 0 fully saturated rings. The van der Waals surface area contributed by atoms with Crippen molar-refractivity contribution in [3.05, 3.63) is 58.7 Å². The molecule has 1 unspecified atom stereocenters. The minimum atomic E-state index is -1.11. The molecule has 4 nitrogen and oxygen atoms in total. The van der Waals surface area contributed by atoms with Gasteiger partial charge in [0.1, 0.15) is 5.54 Å². The third-order valence-electron chi connectivity index (χ3n) is 4.32. The van der Waals surface area contributed by atoms with Gasteiger partial charge in [0.05, 0.1) is 0 Å². The van der Waals surface area contributed by atoms with Crippen LogP contribution in [0.15, 0.2) is 47.6 Å². The van der Waals surface area contributed by atoms with Gasteiger partial charge in [-0.15, -0.1) is 0 Å². The van der Waals surface area contributed by atoms with Crippen LogP contribution >= 0.6 is 0 Å². The van der Waals surface area contributed by atoms with E-state index in [0.717, 1.165) is 0 Å². The fourth-order valence-electron chi connectivity index (χ4n) is 3.16. The molecule has 1 atom stereocenters. The number of benzene rings is 1. The van der Waals surface area contributed by atoms with Gasteiger partial charge in [-0.25, -0.2) is 0 Å². The SMILES string of the molecule is CNC1(C(C)=O)CC=CC2=C1C(=O)c1ccccc1C2=O. The molecule has 4 heteroatoms. The predicted octanol–water partition coefficient (Wildman–Crippen LogP) is 1.87. The first-order valence-electron chi connectivity index (χ1n) is 6.82. The molecule has 0 saturated carbocycles. The molecule has 0 spiro atoms. The minimum Gasteiger partial charge on any atom is -0.304 e. The summed E-state index contributed by atoms with van der Waals surface area (Å²) in [5.74, 6) is -0.603. The van der Waals surface area contributed by atoms with Crippen molar-refractivity contribution < 1.29 is 14.4 Å². The fraction of sp³-hybridized carbons (Fsp3) is 0.235. The summed E-state index contributed by atoms with van der Waals surface area (Å²) in [5, 5.41) is 2.97. The van der Waals surface area contributed by atoms with Gasteiger partial charge >= 0.3 is 0 Å². The molecule has 0 bridgehead atoms. The fourth-order valence-corrected chi connectivity index (χ4v) is 3.16. The summed E-state index contributed by atoms with van der Waals surface area (Å²) in [6.45, 7) is 1.44. The predicted molar refractivity (Wildman–Crippen MR) is 78.4 cm³/mol. The quantitative estimate of drug-likeness (QED) is 0.899. The first-order valence-corrected chi connectivity index (χ1v) is 6.82. The Kier molecular flexibility index (Phi) is 2.99. The van der Waals surface area contributed by atoms with Crippen LogP contribution in [0.25, 0.3) is 0 Å². The van der Waals surface area contributed by atoms with Crippen molar-refractivity contribution in [2.24, 2.45) is 0 Å². The molecule has 0 aromatic heterocycles. The van der Waals surface area contributed by atoms with Gasteiger partial charge in [-0.3, -0.25) is 14.4 Å². The van der Waals surface area contributed by atoms with Crippen molar-refractivity contribution in [1.82, 2.24) is 5.32 Å². The highest BCUT2D eigenvalue weighted by atomic mass is 16.1. The van der Waals surface area contributed by atoms with E-state index in [1.165, 1.54) is 6.92 Å². The Hall–Kier alpha value is -2.33. The number of carbonyl (C=O) groups excluding carboxylic acids is 3. The molecule has 1 aromatic carbocycles. The lowest BCUT2D eigenvalue weighted by atomic mass is 9.69. The molecular weight excluding hydrogens is 266 g/mol. The van der Waals surface area contributed by atoms with Gasteiger partial charge in [-0.2, -0.15) is 0 Å². The highest BCUT2D eigenvalue weighted by Crippen LogP contribution is 2.38. The van der Waals surface area contributed by atoms with Gasteiger partial charge in [0.15, 0.2) is 17.3 Å². The van der Waals surface area contributed by atoms with Crippen LogP contribution in [-0.4, -0.2) is 29.9 Å². The Morgan fingerprint density at radius 2 is 1.76 bits per heavy atom. The van der Waals surface area contributed by atoms with Crippen LogP contribution in [0, 0.1) is 0 Å². The number of fused-ring (bicyclic) bond motifs is 1. The number of rotatable bonds is 2. The van der Waals surface area contributed by atoms with Crippen LogP contribution in [0.3, 0.4) is 0 Å². The molecular formula is C17H15NO3. The zero-order valence-corrected chi connectivity index (χ0v) is 11.9. The van der Waals surface area contributed by atoms with Crippen molar-refractivity contribution in [2.45, 2.75) is 18.9 Å². The number of Topliss-reactive ketones (excluding diaryl/α,β-unsaturated/α-hetero) is 3. The topological polar surface area (TPSA) is 63.2 Å². The monoisotopic (exact) mass is 281 g/mol. The Bertz CT molecular complexity index is 742. The summed E-state index contributed by atoms with van der Waals surface area (Å²) in [6.07, 6.45) is 3.80. The summed E-state index contributed by atoms with van der Waals surface area (Å²) >= 11 is 0. The van der Waals surface area contributed by atoms with Crippen molar-refractivity contribution in [1.29, 1.82) is 0 Å². The summed E-state index contributed by atoms with van der Waals surface area (Å²) in [4.78, 5) is 37.6. The molecule has 21 heavy (non-hydrogen) atoms. The number of nitrogens with one attached hydrogen (secondary N) is 1. The number of ketones is 3. The van der Waals surface area contributed by atoms with Crippen LogP contribution in [0.4, 0.5) is 0 Å². The second kappa shape index (κ2) is 4.60. The molecule has 3 rings (SSSR count). The van der Waals surface area contributed by atoms with E-state index in [1.807, 2.05) is 0 Å². The van der Waals surface area contributed by atoms with Gasteiger partial charge in [-0.1, -0.05) is 36.4 Å². The van der Waals surface area contributed by atoms with Crippen molar-refractivity contribution in [3.63, 3.8) is 0 Å². The Morgan fingerprint density at radius 3 is 2.33 bits per heavy atom. The molecule has 0 saturated heterocycles. The number of likely N-dealkylation sites (N-methyl/N-ethyl adjacent to an activating group) is 1. The molecule has 2 aliphatic rings. The maximum Gasteiger partial charge on any atom is 0.194 e. The van der Waals surface area contributed by atoms with Gasteiger partial charge in [-0.05, 0) is 20.4 Å². The number of hydrogen-bond acceptors (Lipinski definition) is 4. The summed E-state index contributed by atoms with van der Waals surface area (Å²) < 4.78 is 0. The molecule has 1 aromatic rings. The number of hydrogen-bond donors (Lipinski definition) is 1. The maximum atomic E-state index is 12.8. The Morgan fingerprint density at radius 1 is 1.14 bits per heavy atom. The highest BCUT2D eigenvalue weighted by Gasteiger charge is 2.47. The van der Waals surface area contributed by atoms with E-state index >= 15 is 0 Å². The third kappa shape index (κ3) is 1.69. The summed E-state index contributed by atoms with van der Waals surface area (Å²) in [5.41, 5.74) is 0.279. The van der Waals surface area contributed by atoms with Crippen LogP contribution in [-0.2, 0) is 4.79 Å². The molecule has 0 amide bonds. The first kappa shape index (κ1) is 13.6. The molecule has 0 radical (unpaired) electrons. The highest BCUT2D eigenvalue weighted by molar-refractivity contribution is 6.30. The smallest absolute Gasteiger partial charge is 0.194 e. The second-order valence-electron chi connectivity index (χ2n) is 5.31. The largest absolute Gasteiger partial charge is 0.304 e. The van der Waals surface area contributed by atoms with E-state index in [-0.39, 0.29) is 22.9 Å². The average Bonchev–Trinajstić information content (AvgIpc) is 2.51. The van der Waals surface area contributed by atoms with Crippen LogP contribution in [0.1, 0.15) is 34.1 Å². The molecule has 1 N–H and O–H groups in total. The number of allylic oxidation sites excluding steroid dienone is 2. The first-order chi connectivity index (χ1) is 10.0. The Labute approximate surface area is 122 Å². The maximum absolute atomic E-state index is 12.8. The lowest BCUT2D eigenvalue weighted by molar-refractivity contribution is -0.121. The van der Waals surface area contributed by atoms with Crippen molar-refractivity contribution in [3.8, 4) is 0 Å². The van der Waals surface area contributed by atoms with E-state index < -0.39 is 5.54 Å². The average molecular weight is 281 g/mol. The minimum absolute atomic E-state index is 0.164. The van der Waals surface area contributed by atoms with E-state index in [0.29, 0.717) is 23.1 Å². The lowest BCUT2D eigenvalue weighted by Crippen LogP contribution is -2.55. The molecule has 2 aliphatic carbocycles. The normalized spacial score (nSPS) is 23.9. The standard InChI is InChI=1S/C17H15NO3/c1-10(19)17(18-2)9-5-8-13-14(17)16(21)12-7-4-3-6-11(12)15(13)20/h3-8,18H,9H2,1-2H3. The van der Waals surface area contributed by atoms with Crippen LogP contribution in [0.2, 0.25) is 0 Å². The number of carbonyl (C=O) groups is 3.